The van der Waals surface area contributed by atoms with Crippen molar-refractivity contribution in [2.24, 2.45) is 0 Å². The number of para-hydroxylation sites is 1. The average Bonchev–Trinajstić information content (AvgIpc) is 2.36. The Morgan fingerprint density at radius 3 is 2.40 bits per heavy atom. The van der Waals surface area contributed by atoms with Crippen molar-refractivity contribution in [1.29, 1.82) is 0 Å². The number of halogens is 3. The molecule has 0 bridgehead atoms. The maximum Gasteiger partial charge on any atom is 0.573 e. The van der Waals surface area contributed by atoms with Gasteiger partial charge in [0, 0.05) is 11.6 Å². The van der Waals surface area contributed by atoms with E-state index in [0.717, 1.165) is 0 Å². The largest absolute Gasteiger partial charge is 0.573 e. The first-order valence-electron chi connectivity index (χ1n) is 5.62. The Labute approximate surface area is 113 Å². The van der Waals surface area contributed by atoms with Crippen molar-refractivity contribution in [2.75, 3.05) is 7.11 Å². The molecule has 6 heteroatoms. The Hall–Kier alpha value is -2.37. The molecule has 0 heterocycles. The SMILES string of the molecule is COc1cc(O)cc(-c2ccccc2OC(F)(F)F)c1. The maximum absolute atomic E-state index is 12.4. The van der Waals surface area contributed by atoms with Gasteiger partial charge in [-0.3, -0.25) is 0 Å². The van der Waals surface area contributed by atoms with Crippen LogP contribution in [0.3, 0.4) is 0 Å². The van der Waals surface area contributed by atoms with Gasteiger partial charge in [-0.05, 0) is 23.8 Å². The zero-order valence-corrected chi connectivity index (χ0v) is 10.4. The number of hydrogen-bond acceptors (Lipinski definition) is 3. The van der Waals surface area contributed by atoms with Gasteiger partial charge in [-0.15, -0.1) is 13.2 Å². The highest BCUT2D eigenvalue weighted by Crippen LogP contribution is 2.36. The molecule has 20 heavy (non-hydrogen) atoms. The van der Waals surface area contributed by atoms with Gasteiger partial charge in [-0.1, -0.05) is 18.2 Å². The van der Waals surface area contributed by atoms with E-state index in [2.05, 4.69) is 4.74 Å². The lowest BCUT2D eigenvalue weighted by molar-refractivity contribution is -0.274. The standard InChI is InChI=1S/C14H11F3O3/c1-19-11-7-9(6-10(18)8-11)12-4-2-3-5-13(12)20-14(15,16)17/h2-8,18H,1H3. The number of methoxy groups -OCH3 is 1. The third kappa shape index (κ3) is 3.34. The minimum absolute atomic E-state index is 0.110. The number of ether oxygens (including phenoxy) is 2. The average molecular weight is 284 g/mol. The van der Waals surface area contributed by atoms with Gasteiger partial charge < -0.3 is 14.6 Å². The summed E-state index contributed by atoms with van der Waals surface area (Å²) in [5.41, 5.74) is 0.570. The molecular formula is C14H11F3O3. The molecule has 2 rings (SSSR count). The first-order valence-corrected chi connectivity index (χ1v) is 5.62. The second kappa shape index (κ2) is 5.32. The maximum atomic E-state index is 12.4. The molecule has 0 aromatic heterocycles. The van der Waals surface area contributed by atoms with E-state index in [4.69, 9.17) is 4.74 Å². The fraction of sp³-hybridized carbons (Fsp3) is 0.143. The van der Waals surface area contributed by atoms with E-state index in [0.29, 0.717) is 11.3 Å². The van der Waals surface area contributed by atoms with Crippen molar-refractivity contribution in [3.05, 3.63) is 42.5 Å². The Morgan fingerprint density at radius 2 is 1.75 bits per heavy atom. The molecular weight excluding hydrogens is 273 g/mol. The van der Waals surface area contributed by atoms with Gasteiger partial charge in [0.1, 0.15) is 17.2 Å². The summed E-state index contributed by atoms with van der Waals surface area (Å²) in [6, 6.07) is 9.89. The summed E-state index contributed by atoms with van der Waals surface area (Å²) in [5, 5.41) is 9.57. The van der Waals surface area contributed by atoms with Crippen molar-refractivity contribution < 1.29 is 27.8 Å². The molecule has 1 N–H and O–H groups in total. The molecule has 0 radical (unpaired) electrons. The molecule has 0 saturated heterocycles. The van der Waals surface area contributed by atoms with Gasteiger partial charge in [0.2, 0.25) is 0 Å². The summed E-state index contributed by atoms with van der Waals surface area (Å²) < 4.78 is 46.0. The Bertz CT molecular complexity index is 609. The fourth-order valence-electron chi connectivity index (χ4n) is 1.78. The quantitative estimate of drug-likeness (QED) is 0.927. The third-order valence-corrected chi connectivity index (χ3v) is 2.55. The number of phenolic OH excluding ortho intramolecular Hbond substituents is 1. The van der Waals surface area contributed by atoms with Crippen LogP contribution in [-0.2, 0) is 0 Å². The predicted molar refractivity (Wildman–Crippen MR) is 66.8 cm³/mol. The summed E-state index contributed by atoms with van der Waals surface area (Å²) in [5.74, 6) is -0.115. The van der Waals surface area contributed by atoms with E-state index < -0.39 is 6.36 Å². The van der Waals surface area contributed by atoms with Crippen LogP contribution in [0, 0.1) is 0 Å². The van der Waals surface area contributed by atoms with E-state index in [9.17, 15) is 18.3 Å². The lowest BCUT2D eigenvalue weighted by Gasteiger charge is -2.14. The lowest BCUT2D eigenvalue weighted by Crippen LogP contribution is -2.17. The van der Waals surface area contributed by atoms with E-state index in [1.807, 2.05) is 0 Å². The fourth-order valence-corrected chi connectivity index (χ4v) is 1.78. The van der Waals surface area contributed by atoms with E-state index in [-0.39, 0.29) is 17.1 Å². The Kier molecular flexibility index (Phi) is 3.74. The monoisotopic (exact) mass is 284 g/mol. The number of rotatable bonds is 3. The van der Waals surface area contributed by atoms with Crippen LogP contribution in [-0.4, -0.2) is 18.6 Å². The smallest absolute Gasteiger partial charge is 0.508 e. The van der Waals surface area contributed by atoms with Crippen molar-refractivity contribution in [3.63, 3.8) is 0 Å². The predicted octanol–water partition coefficient (Wildman–Crippen LogP) is 3.97. The van der Waals surface area contributed by atoms with Crippen LogP contribution < -0.4 is 9.47 Å². The molecule has 106 valence electrons. The normalized spacial score (nSPS) is 11.2. The molecule has 0 saturated carbocycles. The summed E-state index contributed by atoms with van der Waals surface area (Å²) >= 11 is 0. The molecule has 0 aliphatic heterocycles. The first-order chi connectivity index (χ1) is 9.39. The second-order valence-corrected chi connectivity index (χ2v) is 3.96. The number of hydrogen-bond donors (Lipinski definition) is 1. The molecule has 0 unspecified atom stereocenters. The highest BCUT2D eigenvalue weighted by molar-refractivity contribution is 5.73. The molecule has 2 aromatic carbocycles. The van der Waals surface area contributed by atoms with Crippen molar-refractivity contribution in [3.8, 4) is 28.4 Å². The molecule has 0 spiro atoms. The highest BCUT2D eigenvalue weighted by atomic mass is 19.4. The zero-order valence-electron chi connectivity index (χ0n) is 10.4. The minimum atomic E-state index is -4.78. The van der Waals surface area contributed by atoms with Gasteiger partial charge in [0.05, 0.1) is 7.11 Å². The first kappa shape index (κ1) is 14.0. The van der Waals surface area contributed by atoms with E-state index in [1.165, 1.54) is 43.5 Å². The third-order valence-electron chi connectivity index (χ3n) is 2.55. The van der Waals surface area contributed by atoms with Crippen LogP contribution in [0.1, 0.15) is 0 Å². The molecule has 0 atom stereocenters. The minimum Gasteiger partial charge on any atom is -0.508 e. The second-order valence-electron chi connectivity index (χ2n) is 3.96. The van der Waals surface area contributed by atoms with Gasteiger partial charge in [-0.2, -0.15) is 0 Å². The van der Waals surface area contributed by atoms with Crippen LogP contribution in [0.2, 0.25) is 0 Å². The van der Waals surface area contributed by atoms with Crippen molar-refractivity contribution in [1.82, 2.24) is 0 Å². The van der Waals surface area contributed by atoms with E-state index >= 15 is 0 Å². The van der Waals surface area contributed by atoms with Crippen LogP contribution in [0.4, 0.5) is 13.2 Å². The number of alkyl halides is 3. The molecule has 3 nitrogen and oxygen atoms in total. The number of benzene rings is 2. The van der Waals surface area contributed by atoms with Crippen LogP contribution in [0.25, 0.3) is 11.1 Å². The topological polar surface area (TPSA) is 38.7 Å². The Morgan fingerprint density at radius 1 is 1.05 bits per heavy atom. The van der Waals surface area contributed by atoms with Gasteiger partial charge >= 0.3 is 6.36 Å². The highest BCUT2D eigenvalue weighted by Gasteiger charge is 2.32. The van der Waals surface area contributed by atoms with E-state index in [1.54, 1.807) is 6.07 Å². The Balaban J connectivity index is 2.50. The van der Waals surface area contributed by atoms with Crippen LogP contribution in [0.15, 0.2) is 42.5 Å². The van der Waals surface area contributed by atoms with Gasteiger partial charge in [0.15, 0.2) is 0 Å². The van der Waals surface area contributed by atoms with Gasteiger partial charge in [-0.25, -0.2) is 0 Å². The summed E-state index contributed by atoms with van der Waals surface area (Å²) in [4.78, 5) is 0. The summed E-state index contributed by atoms with van der Waals surface area (Å²) in [7, 11) is 1.40. The molecule has 2 aromatic rings. The number of phenols is 1. The molecule has 0 aliphatic rings. The van der Waals surface area contributed by atoms with Crippen LogP contribution in [0.5, 0.6) is 17.2 Å². The summed E-state index contributed by atoms with van der Waals surface area (Å²) in [6.45, 7) is 0. The summed E-state index contributed by atoms with van der Waals surface area (Å²) in [6.07, 6.45) is -4.78. The van der Waals surface area contributed by atoms with Gasteiger partial charge in [0.25, 0.3) is 0 Å². The molecule has 0 aliphatic carbocycles. The lowest BCUT2D eigenvalue weighted by atomic mass is 10.0. The number of aromatic hydroxyl groups is 1. The molecule has 0 fully saturated rings. The molecule has 0 amide bonds. The van der Waals surface area contributed by atoms with Crippen molar-refractivity contribution >= 4 is 0 Å². The van der Waals surface area contributed by atoms with Crippen molar-refractivity contribution in [2.45, 2.75) is 6.36 Å². The van der Waals surface area contributed by atoms with Crippen LogP contribution >= 0.6 is 0 Å². The zero-order chi connectivity index (χ0) is 14.8.